The molecule has 4 nitrogen and oxygen atoms in total. The lowest BCUT2D eigenvalue weighted by atomic mass is 10.0. The first-order valence-corrected chi connectivity index (χ1v) is 9.40. The normalized spacial score (nSPS) is 21.9. The number of nitrogens with one attached hydrogen (secondary N) is 1. The zero-order chi connectivity index (χ0) is 16.9. The molecule has 2 fully saturated rings. The SMILES string of the molecule is CC1CCCCN1Cc1ccc(CNC(=O)CN(C)C2CC2)cc1. The smallest absolute Gasteiger partial charge is 0.234 e. The first kappa shape index (κ1) is 17.4. The zero-order valence-electron chi connectivity index (χ0n) is 15.1. The van der Waals surface area contributed by atoms with E-state index in [1.807, 2.05) is 7.05 Å². The maximum Gasteiger partial charge on any atom is 0.234 e. The molecule has 1 saturated heterocycles. The lowest BCUT2D eigenvalue weighted by Gasteiger charge is -2.33. The first-order chi connectivity index (χ1) is 11.6. The zero-order valence-corrected chi connectivity index (χ0v) is 15.1. The molecule has 0 bridgehead atoms. The van der Waals surface area contributed by atoms with E-state index in [-0.39, 0.29) is 5.91 Å². The van der Waals surface area contributed by atoms with E-state index in [0.29, 0.717) is 25.2 Å². The molecule has 1 aliphatic carbocycles. The van der Waals surface area contributed by atoms with Crippen LogP contribution in [0.15, 0.2) is 24.3 Å². The minimum atomic E-state index is 0.121. The van der Waals surface area contributed by atoms with Crippen LogP contribution < -0.4 is 5.32 Å². The number of nitrogens with zero attached hydrogens (tertiary/aromatic N) is 2. The third kappa shape index (κ3) is 5.05. The standard InChI is InChI=1S/C20H31N3O/c1-16-5-3-4-12-23(16)14-18-8-6-17(7-9-18)13-21-20(24)15-22(2)19-10-11-19/h6-9,16,19H,3-5,10-15H2,1-2H3,(H,21,24). The van der Waals surface area contributed by atoms with Crippen LogP contribution in [0.4, 0.5) is 0 Å². The van der Waals surface area contributed by atoms with Gasteiger partial charge in [0.05, 0.1) is 6.54 Å². The lowest BCUT2D eigenvalue weighted by molar-refractivity contribution is -0.122. The highest BCUT2D eigenvalue weighted by molar-refractivity contribution is 5.78. The Labute approximate surface area is 146 Å². The number of carbonyl (C=O) groups excluding carboxylic acids is 1. The van der Waals surface area contributed by atoms with Gasteiger partial charge in [0.1, 0.15) is 0 Å². The van der Waals surface area contributed by atoms with Gasteiger partial charge in [-0.3, -0.25) is 14.6 Å². The molecule has 0 radical (unpaired) electrons. The average molecular weight is 329 g/mol. The van der Waals surface area contributed by atoms with E-state index in [2.05, 4.69) is 46.3 Å². The molecule has 3 rings (SSSR count). The number of likely N-dealkylation sites (tertiary alicyclic amines) is 1. The van der Waals surface area contributed by atoms with Gasteiger partial charge < -0.3 is 5.32 Å². The Morgan fingerprint density at radius 1 is 1.17 bits per heavy atom. The predicted molar refractivity (Wildman–Crippen MR) is 97.7 cm³/mol. The molecule has 1 aromatic rings. The van der Waals surface area contributed by atoms with Crippen LogP contribution in [0.5, 0.6) is 0 Å². The summed E-state index contributed by atoms with van der Waals surface area (Å²) in [5.74, 6) is 0.121. The predicted octanol–water partition coefficient (Wildman–Crippen LogP) is 2.77. The van der Waals surface area contributed by atoms with Gasteiger partial charge >= 0.3 is 0 Å². The number of rotatable bonds is 7. The van der Waals surface area contributed by atoms with Crippen LogP contribution >= 0.6 is 0 Å². The Bertz CT molecular complexity index is 538. The Morgan fingerprint density at radius 2 is 1.88 bits per heavy atom. The van der Waals surface area contributed by atoms with E-state index in [1.54, 1.807) is 0 Å². The summed E-state index contributed by atoms with van der Waals surface area (Å²) in [5.41, 5.74) is 2.54. The average Bonchev–Trinajstić information content (AvgIpc) is 3.41. The van der Waals surface area contributed by atoms with Gasteiger partial charge in [-0.25, -0.2) is 0 Å². The molecule has 1 unspecified atom stereocenters. The van der Waals surface area contributed by atoms with Crippen molar-refractivity contribution >= 4 is 5.91 Å². The van der Waals surface area contributed by atoms with Crippen molar-refractivity contribution in [3.8, 4) is 0 Å². The van der Waals surface area contributed by atoms with Crippen LogP contribution in [0.1, 0.15) is 50.2 Å². The maximum atomic E-state index is 12.0. The third-order valence-corrected chi connectivity index (χ3v) is 5.40. The van der Waals surface area contributed by atoms with Crippen molar-refractivity contribution in [2.45, 2.75) is 64.2 Å². The molecular formula is C20H31N3O. The summed E-state index contributed by atoms with van der Waals surface area (Å²) in [5, 5.41) is 3.03. The fourth-order valence-electron chi connectivity index (χ4n) is 3.52. The van der Waals surface area contributed by atoms with Crippen molar-refractivity contribution in [3.63, 3.8) is 0 Å². The van der Waals surface area contributed by atoms with E-state index in [4.69, 9.17) is 0 Å². The van der Waals surface area contributed by atoms with E-state index in [0.717, 1.165) is 6.54 Å². The molecule has 24 heavy (non-hydrogen) atoms. The van der Waals surface area contributed by atoms with Crippen molar-refractivity contribution < 1.29 is 4.79 Å². The highest BCUT2D eigenvalue weighted by Gasteiger charge is 2.27. The van der Waals surface area contributed by atoms with Crippen molar-refractivity contribution in [3.05, 3.63) is 35.4 Å². The molecule has 4 heteroatoms. The summed E-state index contributed by atoms with van der Waals surface area (Å²) in [6.07, 6.45) is 6.48. The maximum absolute atomic E-state index is 12.0. The number of hydrogen-bond donors (Lipinski definition) is 1. The number of amides is 1. The third-order valence-electron chi connectivity index (χ3n) is 5.40. The second kappa shape index (κ2) is 8.13. The van der Waals surface area contributed by atoms with E-state index in [9.17, 15) is 4.79 Å². The van der Waals surface area contributed by atoms with Gasteiger partial charge in [0.2, 0.25) is 5.91 Å². The van der Waals surface area contributed by atoms with Gasteiger partial charge in [-0.2, -0.15) is 0 Å². The number of likely N-dealkylation sites (N-methyl/N-ethyl adjacent to an activating group) is 1. The van der Waals surface area contributed by atoms with Crippen LogP contribution in [0, 0.1) is 0 Å². The first-order valence-electron chi connectivity index (χ1n) is 9.40. The summed E-state index contributed by atoms with van der Waals surface area (Å²) >= 11 is 0. The van der Waals surface area contributed by atoms with Gasteiger partial charge in [-0.15, -0.1) is 0 Å². The molecule has 1 atom stereocenters. The Balaban J connectivity index is 1.43. The quantitative estimate of drug-likeness (QED) is 0.835. The second-order valence-electron chi connectivity index (χ2n) is 7.55. The summed E-state index contributed by atoms with van der Waals surface area (Å²) < 4.78 is 0. The molecule has 1 aromatic carbocycles. The van der Waals surface area contributed by atoms with Gasteiger partial charge in [-0.1, -0.05) is 30.7 Å². The monoisotopic (exact) mass is 329 g/mol. The number of benzene rings is 1. The van der Waals surface area contributed by atoms with Crippen molar-refractivity contribution in [1.29, 1.82) is 0 Å². The van der Waals surface area contributed by atoms with Crippen LogP contribution in [0.2, 0.25) is 0 Å². The molecule has 2 aliphatic rings. The number of carbonyl (C=O) groups is 1. The molecular weight excluding hydrogens is 298 g/mol. The molecule has 1 heterocycles. The fourth-order valence-corrected chi connectivity index (χ4v) is 3.52. The molecule has 1 saturated carbocycles. The highest BCUT2D eigenvalue weighted by Crippen LogP contribution is 2.24. The Kier molecular flexibility index (Phi) is 5.90. The minimum Gasteiger partial charge on any atom is -0.351 e. The minimum absolute atomic E-state index is 0.121. The van der Waals surface area contributed by atoms with E-state index in [1.165, 1.54) is 49.8 Å². The number of piperidine rings is 1. The Hall–Kier alpha value is -1.39. The topological polar surface area (TPSA) is 35.6 Å². The molecule has 0 spiro atoms. The van der Waals surface area contributed by atoms with Gasteiger partial charge in [0.25, 0.3) is 0 Å². The fraction of sp³-hybridized carbons (Fsp3) is 0.650. The van der Waals surface area contributed by atoms with E-state index >= 15 is 0 Å². The highest BCUT2D eigenvalue weighted by atomic mass is 16.2. The summed E-state index contributed by atoms with van der Waals surface area (Å²) in [6, 6.07) is 10.0. The summed E-state index contributed by atoms with van der Waals surface area (Å²) in [7, 11) is 2.04. The molecule has 1 aliphatic heterocycles. The van der Waals surface area contributed by atoms with Gasteiger partial charge in [0.15, 0.2) is 0 Å². The molecule has 0 aromatic heterocycles. The van der Waals surface area contributed by atoms with E-state index < -0.39 is 0 Å². The molecule has 1 N–H and O–H groups in total. The van der Waals surface area contributed by atoms with Crippen molar-refractivity contribution in [1.82, 2.24) is 15.1 Å². The van der Waals surface area contributed by atoms with Crippen molar-refractivity contribution in [2.24, 2.45) is 0 Å². The van der Waals surface area contributed by atoms with Crippen molar-refractivity contribution in [2.75, 3.05) is 20.1 Å². The molecule has 132 valence electrons. The second-order valence-corrected chi connectivity index (χ2v) is 7.55. The van der Waals surface area contributed by atoms with Crippen LogP contribution in [0.3, 0.4) is 0 Å². The summed E-state index contributed by atoms with van der Waals surface area (Å²) in [4.78, 5) is 16.7. The van der Waals surface area contributed by atoms with Crippen LogP contribution in [0.25, 0.3) is 0 Å². The Morgan fingerprint density at radius 3 is 2.54 bits per heavy atom. The van der Waals surface area contributed by atoms with Gasteiger partial charge in [-0.05, 0) is 57.3 Å². The number of hydrogen-bond acceptors (Lipinski definition) is 3. The molecule has 1 amide bonds. The van der Waals surface area contributed by atoms with Crippen LogP contribution in [-0.4, -0.2) is 47.9 Å². The van der Waals surface area contributed by atoms with Crippen LogP contribution in [-0.2, 0) is 17.9 Å². The summed E-state index contributed by atoms with van der Waals surface area (Å²) in [6.45, 7) is 5.72. The lowest BCUT2D eigenvalue weighted by Crippen LogP contribution is -2.36. The van der Waals surface area contributed by atoms with Gasteiger partial charge in [0, 0.05) is 25.2 Å². The largest absolute Gasteiger partial charge is 0.351 e.